The van der Waals surface area contributed by atoms with Crippen LogP contribution in [0, 0.1) is 0 Å². The highest BCUT2D eigenvalue weighted by molar-refractivity contribution is 8.00. The Morgan fingerprint density at radius 1 is 1.89 bits per heavy atom. The third kappa shape index (κ3) is 3.24. The first kappa shape index (κ1) is 8.62. The Bertz CT molecular complexity index is 105. The first-order valence-corrected chi connectivity index (χ1v) is 3.86. The van der Waals surface area contributed by atoms with Gasteiger partial charge in [0.2, 0.25) is 0 Å². The van der Waals surface area contributed by atoms with Gasteiger partial charge in [0, 0.05) is 0 Å². The van der Waals surface area contributed by atoms with Gasteiger partial charge in [-0.3, -0.25) is 0 Å². The second-order valence-electron chi connectivity index (χ2n) is 1.62. The Morgan fingerprint density at radius 3 is 2.78 bits per heavy atom. The van der Waals surface area contributed by atoms with E-state index < -0.39 is 0 Å². The zero-order valence-electron chi connectivity index (χ0n) is 5.66. The van der Waals surface area contributed by atoms with Crippen LogP contribution in [0.5, 0.6) is 0 Å². The summed E-state index contributed by atoms with van der Waals surface area (Å²) < 4.78 is 0. The SMILES string of the molecule is CCSC(C)C(N)=NO. The number of nitrogens with two attached hydrogens (primary N) is 1. The summed E-state index contributed by atoms with van der Waals surface area (Å²) in [5.41, 5.74) is 5.28. The molecule has 0 rings (SSSR count). The van der Waals surface area contributed by atoms with Gasteiger partial charge in [0.25, 0.3) is 0 Å². The van der Waals surface area contributed by atoms with Crippen molar-refractivity contribution >= 4 is 17.6 Å². The fourth-order valence-electron chi connectivity index (χ4n) is 0.417. The average Bonchev–Trinajstić information content (AvgIpc) is 1.87. The predicted octanol–water partition coefficient (Wildman–Crippen LogP) is 0.874. The second kappa shape index (κ2) is 4.49. The lowest BCUT2D eigenvalue weighted by molar-refractivity contribution is 0.317. The van der Waals surface area contributed by atoms with E-state index in [4.69, 9.17) is 10.9 Å². The summed E-state index contributed by atoms with van der Waals surface area (Å²) in [6, 6.07) is 0. The summed E-state index contributed by atoms with van der Waals surface area (Å²) in [4.78, 5) is 0. The standard InChI is InChI=1S/C5H12N2OS/c1-3-9-4(2)5(6)7-8/h4,8H,3H2,1-2H3,(H2,6,7). The van der Waals surface area contributed by atoms with E-state index in [1.807, 2.05) is 13.8 Å². The molecule has 0 fully saturated rings. The zero-order chi connectivity index (χ0) is 7.28. The Labute approximate surface area is 59.3 Å². The highest BCUT2D eigenvalue weighted by Crippen LogP contribution is 2.08. The summed E-state index contributed by atoms with van der Waals surface area (Å²) in [7, 11) is 0. The molecule has 3 N–H and O–H groups in total. The van der Waals surface area contributed by atoms with Crippen molar-refractivity contribution in [3.05, 3.63) is 0 Å². The maximum atomic E-state index is 8.18. The van der Waals surface area contributed by atoms with E-state index in [9.17, 15) is 0 Å². The molecule has 4 heteroatoms. The lowest BCUT2D eigenvalue weighted by Crippen LogP contribution is -2.23. The van der Waals surface area contributed by atoms with Crippen molar-refractivity contribution in [3.63, 3.8) is 0 Å². The van der Waals surface area contributed by atoms with Crippen molar-refractivity contribution in [3.8, 4) is 0 Å². The van der Waals surface area contributed by atoms with E-state index >= 15 is 0 Å². The van der Waals surface area contributed by atoms with Crippen molar-refractivity contribution < 1.29 is 5.21 Å². The number of nitrogens with zero attached hydrogens (tertiary/aromatic N) is 1. The molecule has 0 saturated heterocycles. The quantitative estimate of drug-likeness (QED) is 0.270. The summed E-state index contributed by atoms with van der Waals surface area (Å²) >= 11 is 1.65. The highest BCUT2D eigenvalue weighted by atomic mass is 32.2. The normalized spacial score (nSPS) is 15.6. The highest BCUT2D eigenvalue weighted by Gasteiger charge is 2.04. The van der Waals surface area contributed by atoms with Crippen LogP contribution in [-0.2, 0) is 0 Å². The number of thioether (sulfide) groups is 1. The molecule has 0 amide bonds. The minimum Gasteiger partial charge on any atom is -0.409 e. The van der Waals surface area contributed by atoms with Crippen molar-refractivity contribution in [2.75, 3.05) is 5.75 Å². The molecule has 3 nitrogen and oxygen atoms in total. The van der Waals surface area contributed by atoms with Gasteiger partial charge < -0.3 is 10.9 Å². The van der Waals surface area contributed by atoms with Crippen LogP contribution in [-0.4, -0.2) is 22.0 Å². The van der Waals surface area contributed by atoms with Crippen molar-refractivity contribution in [2.45, 2.75) is 19.1 Å². The van der Waals surface area contributed by atoms with E-state index in [1.165, 1.54) is 0 Å². The molecule has 54 valence electrons. The summed E-state index contributed by atoms with van der Waals surface area (Å²) in [5, 5.41) is 11.2. The second-order valence-corrected chi connectivity index (χ2v) is 3.24. The molecule has 0 spiro atoms. The minimum absolute atomic E-state index is 0.125. The maximum absolute atomic E-state index is 8.18. The number of hydrogen-bond acceptors (Lipinski definition) is 3. The third-order valence-electron chi connectivity index (χ3n) is 0.949. The van der Waals surface area contributed by atoms with Crippen LogP contribution in [0.4, 0.5) is 0 Å². The van der Waals surface area contributed by atoms with Crippen LogP contribution in [0.25, 0.3) is 0 Å². The minimum atomic E-state index is 0.125. The number of rotatable bonds is 3. The number of hydrogen-bond donors (Lipinski definition) is 2. The molecule has 9 heavy (non-hydrogen) atoms. The first-order valence-electron chi connectivity index (χ1n) is 2.81. The molecule has 0 heterocycles. The zero-order valence-corrected chi connectivity index (χ0v) is 6.48. The van der Waals surface area contributed by atoms with E-state index in [0.29, 0.717) is 5.84 Å². The van der Waals surface area contributed by atoms with Gasteiger partial charge >= 0.3 is 0 Å². The summed E-state index contributed by atoms with van der Waals surface area (Å²) in [6.07, 6.45) is 0. The fourth-order valence-corrected chi connectivity index (χ4v) is 1.13. The van der Waals surface area contributed by atoms with Gasteiger partial charge in [0.15, 0.2) is 5.84 Å². The van der Waals surface area contributed by atoms with E-state index in [2.05, 4.69) is 5.16 Å². The molecule has 0 aromatic carbocycles. The third-order valence-corrected chi connectivity index (χ3v) is 2.02. The van der Waals surface area contributed by atoms with Crippen LogP contribution in [0.1, 0.15) is 13.8 Å². The monoisotopic (exact) mass is 148 g/mol. The Hall–Kier alpha value is -0.380. The topological polar surface area (TPSA) is 58.6 Å². The van der Waals surface area contributed by atoms with Crippen LogP contribution >= 0.6 is 11.8 Å². The summed E-state index contributed by atoms with van der Waals surface area (Å²) in [6.45, 7) is 3.94. The van der Waals surface area contributed by atoms with Gasteiger partial charge in [-0.05, 0) is 12.7 Å². The van der Waals surface area contributed by atoms with Crippen LogP contribution < -0.4 is 5.73 Å². The van der Waals surface area contributed by atoms with Gasteiger partial charge in [-0.25, -0.2) is 0 Å². The molecule has 0 aromatic rings. The molecule has 0 aliphatic rings. The molecule has 0 saturated carbocycles. The Balaban J connectivity index is 3.59. The van der Waals surface area contributed by atoms with Crippen molar-refractivity contribution in [1.82, 2.24) is 0 Å². The molecule has 0 aliphatic heterocycles. The molecular weight excluding hydrogens is 136 g/mol. The largest absolute Gasteiger partial charge is 0.409 e. The van der Waals surface area contributed by atoms with Gasteiger partial charge in [-0.15, -0.1) is 0 Å². The number of amidine groups is 1. The van der Waals surface area contributed by atoms with E-state index in [-0.39, 0.29) is 5.25 Å². The molecule has 0 aromatic heterocycles. The molecule has 1 atom stereocenters. The van der Waals surface area contributed by atoms with Gasteiger partial charge in [0.05, 0.1) is 5.25 Å². The van der Waals surface area contributed by atoms with Gasteiger partial charge in [0.1, 0.15) is 0 Å². The maximum Gasteiger partial charge on any atom is 0.151 e. The molecule has 0 aliphatic carbocycles. The predicted molar refractivity (Wildman–Crippen MR) is 41.0 cm³/mol. The Morgan fingerprint density at radius 2 is 2.44 bits per heavy atom. The lowest BCUT2D eigenvalue weighted by Gasteiger charge is -2.05. The molecular formula is C5H12N2OS. The Kier molecular flexibility index (Phi) is 4.30. The first-order chi connectivity index (χ1) is 4.22. The van der Waals surface area contributed by atoms with Gasteiger partial charge in [-0.2, -0.15) is 11.8 Å². The molecule has 0 bridgehead atoms. The van der Waals surface area contributed by atoms with Crippen LogP contribution in [0.3, 0.4) is 0 Å². The smallest absolute Gasteiger partial charge is 0.151 e. The molecule has 1 unspecified atom stereocenters. The number of oxime groups is 1. The average molecular weight is 148 g/mol. The van der Waals surface area contributed by atoms with Crippen LogP contribution in [0.2, 0.25) is 0 Å². The van der Waals surface area contributed by atoms with Crippen LogP contribution in [0.15, 0.2) is 5.16 Å². The van der Waals surface area contributed by atoms with Crippen molar-refractivity contribution in [2.24, 2.45) is 10.9 Å². The van der Waals surface area contributed by atoms with E-state index in [1.54, 1.807) is 11.8 Å². The summed E-state index contributed by atoms with van der Waals surface area (Å²) in [5.74, 6) is 1.28. The van der Waals surface area contributed by atoms with Crippen molar-refractivity contribution in [1.29, 1.82) is 0 Å². The van der Waals surface area contributed by atoms with E-state index in [0.717, 1.165) is 5.75 Å². The fraction of sp³-hybridized carbons (Fsp3) is 0.800. The lowest BCUT2D eigenvalue weighted by atomic mass is 10.4. The molecule has 0 radical (unpaired) electrons. The van der Waals surface area contributed by atoms with Gasteiger partial charge in [-0.1, -0.05) is 12.1 Å².